The van der Waals surface area contributed by atoms with E-state index in [2.05, 4.69) is 10.3 Å². The lowest BCUT2D eigenvalue weighted by Gasteiger charge is -2.10. The molecule has 4 heteroatoms. The zero-order valence-corrected chi connectivity index (χ0v) is 11.5. The number of rotatable bonds is 2. The van der Waals surface area contributed by atoms with Gasteiger partial charge < -0.3 is 10.4 Å². The van der Waals surface area contributed by atoms with Crippen LogP contribution in [0, 0.1) is 6.92 Å². The van der Waals surface area contributed by atoms with Crippen molar-refractivity contribution in [2.24, 2.45) is 0 Å². The number of aromatic hydroxyl groups is 1. The van der Waals surface area contributed by atoms with Crippen LogP contribution in [0.2, 0.25) is 0 Å². The second kappa shape index (κ2) is 5.25. The fraction of sp³-hybridized carbons (Fsp3) is 0.0588. The summed E-state index contributed by atoms with van der Waals surface area (Å²) in [5, 5.41) is 13.2. The number of fused-ring (bicyclic) bond motifs is 1. The van der Waals surface area contributed by atoms with Gasteiger partial charge >= 0.3 is 0 Å². The molecule has 0 saturated carbocycles. The molecular formula is C17H14N2O2. The smallest absolute Gasteiger partial charge is 0.255 e. The molecule has 0 atom stereocenters. The van der Waals surface area contributed by atoms with Crippen molar-refractivity contribution < 1.29 is 9.90 Å². The van der Waals surface area contributed by atoms with Crippen molar-refractivity contribution >= 4 is 22.5 Å². The average molecular weight is 278 g/mol. The number of benzene rings is 2. The molecule has 3 aromatic rings. The first-order chi connectivity index (χ1) is 10.1. The molecular weight excluding hydrogens is 264 g/mol. The minimum Gasteiger partial charge on any atom is -0.508 e. The van der Waals surface area contributed by atoms with Gasteiger partial charge in [0.1, 0.15) is 5.75 Å². The van der Waals surface area contributed by atoms with Crippen LogP contribution >= 0.6 is 0 Å². The molecule has 0 unspecified atom stereocenters. The summed E-state index contributed by atoms with van der Waals surface area (Å²) >= 11 is 0. The average Bonchev–Trinajstić information content (AvgIpc) is 2.47. The van der Waals surface area contributed by atoms with E-state index < -0.39 is 0 Å². The Kier molecular flexibility index (Phi) is 3.28. The molecule has 0 bridgehead atoms. The lowest BCUT2D eigenvalue weighted by Crippen LogP contribution is -2.12. The van der Waals surface area contributed by atoms with E-state index in [1.807, 2.05) is 37.3 Å². The van der Waals surface area contributed by atoms with E-state index in [0.717, 1.165) is 16.6 Å². The zero-order chi connectivity index (χ0) is 14.8. The van der Waals surface area contributed by atoms with Crippen LogP contribution in [-0.2, 0) is 0 Å². The van der Waals surface area contributed by atoms with Crippen LogP contribution in [0.15, 0.2) is 54.6 Å². The van der Waals surface area contributed by atoms with Gasteiger partial charge in [0.2, 0.25) is 0 Å². The summed E-state index contributed by atoms with van der Waals surface area (Å²) in [6.07, 6.45) is 0. The molecule has 1 heterocycles. The van der Waals surface area contributed by atoms with Crippen LogP contribution in [0.1, 0.15) is 16.1 Å². The normalized spacial score (nSPS) is 10.5. The molecule has 1 aromatic heterocycles. The number of phenols is 1. The van der Waals surface area contributed by atoms with Crippen LogP contribution in [0.3, 0.4) is 0 Å². The van der Waals surface area contributed by atoms with E-state index in [-0.39, 0.29) is 11.7 Å². The van der Waals surface area contributed by atoms with Crippen LogP contribution in [0.5, 0.6) is 5.75 Å². The lowest BCUT2D eigenvalue weighted by molar-refractivity contribution is 0.102. The van der Waals surface area contributed by atoms with Crippen molar-refractivity contribution in [2.45, 2.75) is 6.92 Å². The van der Waals surface area contributed by atoms with Crippen LogP contribution < -0.4 is 5.32 Å². The van der Waals surface area contributed by atoms with Crippen molar-refractivity contribution in [3.63, 3.8) is 0 Å². The van der Waals surface area contributed by atoms with Gasteiger partial charge in [-0.25, -0.2) is 0 Å². The highest BCUT2D eigenvalue weighted by Gasteiger charge is 2.10. The molecule has 1 amide bonds. The van der Waals surface area contributed by atoms with E-state index in [1.54, 1.807) is 12.1 Å². The van der Waals surface area contributed by atoms with Crippen LogP contribution in [0.25, 0.3) is 10.9 Å². The largest absolute Gasteiger partial charge is 0.508 e. The maximum absolute atomic E-state index is 12.3. The Morgan fingerprint density at radius 3 is 2.71 bits per heavy atom. The summed E-state index contributed by atoms with van der Waals surface area (Å²) in [5.74, 6) is -0.194. The highest BCUT2D eigenvalue weighted by molar-refractivity contribution is 6.08. The van der Waals surface area contributed by atoms with E-state index in [4.69, 9.17) is 0 Å². The maximum atomic E-state index is 12.3. The number of hydrogen-bond donors (Lipinski definition) is 2. The predicted molar refractivity (Wildman–Crippen MR) is 82.5 cm³/mol. The number of carbonyl (C=O) groups excluding carboxylic acids is 1. The summed E-state index contributed by atoms with van der Waals surface area (Å²) in [6.45, 7) is 1.89. The van der Waals surface area contributed by atoms with Gasteiger partial charge in [-0.05, 0) is 37.3 Å². The molecule has 0 fully saturated rings. The molecule has 0 aliphatic rings. The Balaban J connectivity index is 2.00. The van der Waals surface area contributed by atoms with Gasteiger partial charge in [0.15, 0.2) is 0 Å². The number of carbonyl (C=O) groups is 1. The third kappa shape index (κ3) is 2.69. The van der Waals surface area contributed by atoms with Crippen molar-refractivity contribution in [1.82, 2.24) is 4.98 Å². The maximum Gasteiger partial charge on any atom is 0.255 e. The molecule has 104 valence electrons. The van der Waals surface area contributed by atoms with Crippen molar-refractivity contribution in [2.75, 3.05) is 5.32 Å². The quantitative estimate of drug-likeness (QED) is 0.754. The summed E-state index contributed by atoms with van der Waals surface area (Å²) < 4.78 is 0. The number of amides is 1. The number of hydrogen-bond acceptors (Lipinski definition) is 3. The summed E-state index contributed by atoms with van der Waals surface area (Å²) in [6, 6.07) is 15.7. The number of para-hydroxylation sites is 1. The minimum atomic E-state index is -0.262. The zero-order valence-electron chi connectivity index (χ0n) is 11.5. The number of pyridine rings is 1. The van der Waals surface area contributed by atoms with Gasteiger partial charge in [0, 0.05) is 16.6 Å². The predicted octanol–water partition coefficient (Wildman–Crippen LogP) is 3.50. The fourth-order valence-corrected chi connectivity index (χ4v) is 2.25. The second-order valence-electron chi connectivity index (χ2n) is 4.83. The summed E-state index contributed by atoms with van der Waals surface area (Å²) in [5.41, 5.74) is 2.80. The third-order valence-electron chi connectivity index (χ3n) is 3.20. The first kappa shape index (κ1) is 13.1. The number of nitrogens with zero attached hydrogens (tertiary/aromatic N) is 1. The Hall–Kier alpha value is -2.88. The molecule has 3 rings (SSSR count). The van der Waals surface area contributed by atoms with Gasteiger partial charge in [0.05, 0.1) is 11.2 Å². The first-order valence-electron chi connectivity index (χ1n) is 6.60. The molecule has 0 saturated heterocycles. The van der Waals surface area contributed by atoms with Crippen LogP contribution in [-0.4, -0.2) is 16.0 Å². The SMILES string of the molecule is Cc1cc(NC(=O)c2cccc(O)c2)c2ccccc2n1. The minimum absolute atomic E-state index is 0.0680. The number of aryl methyl sites for hydroxylation is 1. The third-order valence-corrected chi connectivity index (χ3v) is 3.20. The first-order valence-corrected chi connectivity index (χ1v) is 6.60. The topological polar surface area (TPSA) is 62.2 Å². The molecule has 0 aliphatic carbocycles. The molecule has 2 aromatic carbocycles. The Morgan fingerprint density at radius 1 is 1.10 bits per heavy atom. The van der Waals surface area contributed by atoms with Gasteiger partial charge in [-0.15, -0.1) is 0 Å². The highest BCUT2D eigenvalue weighted by Crippen LogP contribution is 2.23. The van der Waals surface area contributed by atoms with E-state index in [1.165, 1.54) is 12.1 Å². The molecule has 0 spiro atoms. The van der Waals surface area contributed by atoms with Gasteiger partial charge in [-0.2, -0.15) is 0 Å². The van der Waals surface area contributed by atoms with Crippen molar-refractivity contribution in [3.8, 4) is 5.75 Å². The van der Waals surface area contributed by atoms with Crippen molar-refractivity contribution in [3.05, 3.63) is 65.9 Å². The number of nitrogens with one attached hydrogen (secondary N) is 1. The van der Waals surface area contributed by atoms with E-state index in [9.17, 15) is 9.90 Å². The van der Waals surface area contributed by atoms with Gasteiger partial charge in [-0.1, -0.05) is 24.3 Å². The monoisotopic (exact) mass is 278 g/mol. The van der Waals surface area contributed by atoms with E-state index >= 15 is 0 Å². The molecule has 0 aliphatic heterocycles. The van der Waals surface area contributed by atoms with Crippen LogP contribution in [0.4, 0.5) is 5.69 Å². The van der Waals surface area contributed by atoms with E-state index in [0.29, 0.717) is 11.3 Å². The Morgan fingerprint density at radius 2 is 1.90 bits per heavy atom. The second-order valence-corrected chi connectivity index (χ2v) is 4.83. The lowest BCUT2D eigenvalue weighted by atomic mass is 10.1. The molecule has 2 N–H and O–H groups in total. The number of phenolic OH excluding ortho intramolecular Hbond substituents is 1. The summed E-state index contributed by atoms with van der Waals surface area (Å²) in [7, 11) is 0. The fourth-order valence-electron chi connectivity index (χ4n) is 2.25. The van der Waals surface area contributed by atoms with Gasteiger partial charge in [-0.3, -0.25) is 9.78 Å². The Bertz CT molecular complexity index is 828. The standard InChI is InChI=1S/C17H14N2O2/c1-11-9-16(14-7-2-3-8-15(14)18-11)19-17(21)12-5-4-6-13(20)10-12/h2-10,20H,1H3,(H,18,19,21). The number of anilines is 1. The molecule has 4 nitrogen and oxygen atoms in total. The molecule has 21 heavy (non-hydrogen) atoms. The van der Waals surface area contributed by atoms with Crippen molar-refractivity contribution in [1.29, 1.82) is 0 Å². The van der Waals surface area contributed by atoms with Gasteiger partial charge in [0.25, 0.3) is 5.91 Å². The molecule has 0 radical (unpaired) electrons. The highest BCUT2D eigenvalue weighted by atomic mass is 16.3. The Labute approximate surface area is 122 Å². The number of aromatic nitrogens is 1. The summed E-state index contributed by atoms with van der Waals surface area (Å²) in [4.78, 5) is 16.7.